The van der Waals surface area contributed by atoms with Gasteiger partial charge in [-0.25, -0.2) is 15.0 Å². The molecule has 0 fully saturated rings. The highest BCUT2D eigenvalue weighted by molar-refractivity contribution is 6.22. The Labute approximate surface area is 265 Å². The number of hydrogen-bond acceptors (Lipinski definition) is 4. The van der Waals surface area contributed by atoms with Gasteiger partial charge in [0.1, 0.15) is 0 Å². The minimum absolute atomic E-state index is 0.621. The van der Waals surface area contributed by atoms with Gasteiger partial charge >= 0.3 is 0 Å². The molecule has 2 aromatic heterocycles. The van der Waals surface area contributed by atoms with Crippen LogP contribution in [0.5, 0.6) is 0 Å². The Balaban J connectivity index is 1.31. The number of pyridine rings is 1. The molecule has 0 aliphatic carbocycles. The van der Waals surface area contributed by atoms with Crippen LogP contribution in [0.3, 0.4) is 0 Å². The maximum atomic E-state index is 5.20. The zero-order valence-corrected chi connectivity index (χ0v) is 24.8. The molecule has 0 spiro atoms. The van der Waals surface area contributed by atoms with Crippen LogP contribution in [0.4, 0.5) is 0 Å². The van der Waals surface area contributed by atoms with Crippen molar-refractivity contribution in [3.05, 3.63) is 158 Å². The predicted octanol–water partition coefficient (Wildman–Crippen LogP) is 10.5. The van der Waals surface area contributed by atoms with Gasteiger partial charge in [0.2, 0.25) is 0 Å². The average Bonchev–Trinajstić information content (AvgIpc) is 3.14. The maximum Gasteiger partial charge on any atom is 0.164 e. The van der Waals surface area contributed by atoms with Crippen molar-refractivity contribution in [2.24, 2.45) is 0 Å². The third-order valence-electron chi connectivity index (χ3n) is 8.72. The molecule has 0 bridgehead atoms. The molecule has 214 valence electrons. The van der Waals surface area contributed by atoms with Crippen molar-refractivity contribution in [3.63, 3.8) is 0 Å². The fourth-order valence-electron chi connectivity index (χ4n) is 6.47. The van der Waals surface area contributed by atoms with E-state index < -0.39 is 0 Å². The van der Waals surface area contributed by atoms with Crippen LogP contribution in [0.1, 0.15) is 0 Å². The summed E-state index contributed by atoms with van der Waals surface area (Å²) < 4.78 is 0. The van der Waals surface area contributed by atoms with Gasteiger partial charge in [-0.1, -0.05) is 127 Å². The minimum atomic E-state index is 0.621. The fraction of sp³-hybridized carbons (Fsp3) is 0. The van der Waals surface area contributed by atoms with Crippen molar-refractivity contribution in [2.45, 2.75) is 0 Å². The van der Waals surface area contributed by atoms with Crippen LogP contribution < -0.4 is 0 Å². The van der Waals surface area contributed by atoms with Crippen LogP contribution in [0.2, 0.25) is 0 Å². The first-order valence-corrected chi connectivity index (χ1v) is 15.4. The predicted molar refractivity (Wildman–Crippen MR) is 189 cm³/mol. The molecule has 9 rings (SSSR count). The van der Waals surface area contributed by atoms with Gasteiger partial charge in [0.25, 0.3) is 0 Å². The summed E-state index contributed by atoms with van der Waals surface area (Å²) in [5, 5.41) is 7.96. The Morgan fingerprint density at radius 2 is 0.978 bits per heavy atom. The summed E-state index contributed by atoms with van der Waals surface area (Å²) in [6, 6.07) is 52.8. The third-order valence-corrected chi connectivity index (χ3v) is 8.72. The van der Waals surface area contributed by atoms with Crippen LogP contribution in [-0.4, -0.2) is 19.9 Å². The van der Waals surface area contributed by atoms with Crippen molar-refractivity contribution in [1.29, 1.82) is 0 Å². The number of aromatic nitrogens is 4. The van der Waals surface area contributed by atoms with Crippen LogP contribution >= 0.6 is 0 Å². The molecule has 0 amide bonds. The van der Waals surface area contributed by atoms with Crippen LogP contribution in [-0.2, 0) is 0 Å². The van der Waals surface area contributed by atoms with Crippen molar-refractivity contribution >= 4 is 43.2 Å². The SMILES string of the molecule is c1ccc(-c2ccc3ccc(-c4nc(-c5ccccc5)nc(-c5cc6ncccc6c6ccc7ccccc7c56)n4)cc3c2)cc1. The molecule has 9 aromatic rings. The second kappa shape index (κ2) is 10.7. The Morgan fingerprint density at radius 1 is 0.348 bits per heavy atom. The van der Waals surface area contributed by atoms with Crippen molar-refractivity contribution in [2.75, 3.05) is 0 Å². The molecule has 0 unspecified atom stereocenters. The van der Waals surface area contributed by atoms with Crippen LogP contribution in [0, 0.1) is 0 Å². The quantitative estimate of drug-likeness (QED) is 0.193. The largest absolute Gasteiger partial charge is 0.256 e. The van der Waals surface area contributed by atoms with E-state index in [9.17, 15) is 0 Å². The molecular weight excluding hydrogens is 560 g/mol. The Bertz CT molecular complexity index is 2580. The van der Waals surface area contributed by atoms with E-state index in [2.05, 4.69) is 109 Å². The van der Waals surface area contributed by atoms with E-state index in [1.165, 1.54) is 21.9 Å². The summed E-state index contributed by atoms with van der Waals surface area (Å²) in [4.78, 5) is 20.1. The van der Waals surface area contributed by atoms with Crippen molar-refractivity contribution < 1.29 is 0 Å². The van der Waals surface area contributed by atoms with Crippen LogP contribution in [0.15, 0.2) is 158 Å². The molecule has 0 radical (unpaired) electrons. The average molecular weight is 587 g/mol. The number of fused-ring (bicyclic) bond motifs is 6. The van der Waals surface area contributed by atoms with E-state index in [0.29, 0.717) is 17.5 Å². The van der Waals surface area contributed by atoms with Crippen molar-refractivity contribution in [1.82, 2.24) is 19.9 Å². The molecule has 4 nitrogen and oxygen atoms in total. The smallest absolute Gasteiger partial charge is 0.164 e. The first-order valence-electron chi connectivity index (χ1n) is 15.4. The highest BCUT2D eigenvalue weighted by Crippen LogP contribution is 2.38. The van der Waals surface area contributed by atoms with Gasteiger partial charge in [0.15, 0.2) is 17.5 Å². The van der Waals surface area contributed by atoms with Gasteiger partial charge < -0.3 is 0 Å². The summed E-state index contributed by atoms with van der Waals surface area (Å²) >= 11 is 0. The molecule has 0 atom stereocenters. The van der Waals surface area contributed by atoms with E-state index in [-0.39, 0.29) is 0 Å². The highest BCUT2D eigenvalue weighted by Gasteiger charge is 2.18. The number of nitrogens with zero attached hydrogens (tertiary/aromatic N) is 4. The molecule has 7 aromatic carbocycles. The molecule has 0 saturated carbocycles. The Kier molecular flexibility index (Phi) is 6.10. The van der Waals surface area contributed by atoms with Gasteiger partial charge in [0.05, 0.1) is 5.52 Å². The second-order valence-corrected chi connectivity index (χ2v) is 11.5. The number of rotatable bonds is 4. The zero-order valence-electron chi connectivity index (χ0n) is 24.8. The first-order chi connectivity index (χ1) is 22.8. The first kappa shape index (κ1) is 26.2. The lowest BCUT2D eigenvalue weighted by Crippen LogP contribution is -2.01. The Hall–Kier alpha value is -6.26. The third kappa shape index (κ3) is 4.47. The topological polar surface area (TPSA) is 51.6 Å². The van der Waals surface area contributed by atoms with Gasteiger partial charge in [-0.3, -0.25) is 4.98 Å². The van der Waals surface area contributed by atoms with E-state index in [1.807, 2.05) is 48.7 Å². The molecule has 46 heavy (non-hydrogen) atoms. The van der Waals surface area contributed by atoms with Gasteiger partial charge in [-0.2, -0.15) is 0 Å². The summed E-state index contributed by atoms with van der Waals surface area (Å²) in [5.74, 6) is 1.88. The lowest BCUT2D eigenvalue weighted by molar-refractivity contribution is 1.08. The molecular formula is C42H26N4. The standard InChI is InChI=1S/C42H26N4/c1-3-10-27(11-4-1)31-19-17-28-18-20-32(25-33(28)24-31)41-44-40(30-13-5-2-6-14-30)45-42(46-41)37-26-38-35(16-9-23-43-38)36-22-21-29-12-7-8-15-34(29)39(36)37/h1-26H. The van der Waals surface area contributed by atoms with E-state index in [4.69, 9.17) is 19.9 Å². The number of benzene rings is 7. The summed E-state index contributed by atoms with van der Waals surface area (Å²) in [6.07, 6.45) is 1.84. The molecule has 4 heteroatoms. The monoisotopic (exact) mass is 586 g/mol. The molecule has 0 aliphatic rings. The molecule has 0 saturated heterocycles. The van der Waals surface area contributed by atoms with Crippen molar-refractivity contribution in [3.8, 4) is 45.3 Å². The van der Waals surface area contributed by atoms with Gasteiger partial charge in [-0.05, 0) is 62.3 Å². The second-order valence-electron chi connectivity index (χ2n) is 11.5. The summed E-state index contributed by atoms with van der Waals surface area (Å²) in [7, 11) is 0. The summed E-state index contributed by atoms with van der Waals surface area (Å²) in [5.41, 5.74) is 6.08. The lowest BCUT2D eigenvalue weighted by atomic mass is 9.94. The zero-order chi connectivity index (χ0) is 30.5. The Morgan fingerprint density at radius 3 is 1.80 bits per heavy atom. The molecule has 0 aliphatic heterocycles. The van der Waals surface area contributed by atoms with E-state index in [1.54, 1.807) is 0 Å². The minimum Gasteiger partial charge on any atom is -0.256 e. The highest BCUT2D eigenvalue weighted by atomic mass is 15.0. The van der Waals surface area contributed by atoms with E-state index >= 15 is 0 Å². The summed E-state index contributed by atoms with van der Waals surface area (Å²) in [6.45, 7) is 0. The van der Waals surface area contributed by atoms with Gasteiger partial charge in [-0.15, -0.1) is 0 Å². The van der Waals surface area contributed by atoms with E-state index in [0.717, 1.165) is 49.1 Å². The van der Waals surface area contributed by atoms with Crippen LogP contribution in [0.25, 0.3) is 88.5 Å². The molecule has 2 heterocycles. The molecule has 0 N–H and O–H groups in total. The normalized spacial score (nSPS) is 11.5. The maximum absolute atomic E-state index is 5.20. The number of hydrogen-bond donors (Lipinski definition) is 0. The fourth-order valence-corrected chi connectivity index (χ4v) is 6.47. The van der Waals surface area contributed by atoms with Gasteiger partial charge in [0, 0.05) is 33.7 Å². The lowest BCUT2D eigenvalue weighted by Gasteiger charge is -2.14.